The number of aromatic nitrogens is 2. The van der Waals surface area contributed by atoms with E-state index in [0.29, 0.717) is 36.5 Å². The lowest BCUT2D eigenvalue weighted by atomic mass is 10.1. The molecule has 0 unspecified atom stereocenters. The third-order valence-electron chi connectivity index (χ3n) is 6.71. The van der Waals surface area contributed by atoms with Gasteiger partial charge in [-0.15, -0.1) is 0 Å². The van der Waals surface area contributed by atoms with E-state index in [1.807, 2.05) is 47.6 Å². The highest BCUT2D eigenvalue weighted by atomic mass is 16.4. The second-order valence-electron chi connectivity index (χ2n) is 9.08. The first-order valence-corrected chi connectivity index (χ1v) is 11.8. The fourth-order valence-corrected chi connectivity index (χ4v) is 5.01. The van der Waals surface area contributed by atoms with Crippen molar-refractivity contribution < 1.29 is 9.21 Å². The van der Waals surface area contributed by atoms with E-state index in [-0.39, 0.29) is 11.5 Å². The van der Waals surface area contributed by atoms with Crippen LogP contribution in [0.25, 0.3) is 16.6 Å². The molecule has 1 fully saturated rings. The molecule has 1 aromatic carbocycles. The van der Waals surface area contributed by atoms with Gasteiger partial charge in [0, 0.05) is 30.8 Å². The zero-order valence-corrected chi connectivity index (χ0v) is 19.3. The number of carbonyl (C=O) groups is 1. The maximum absolute atomic E-state index is 13.2. The van der Waals surface area contributed by atoms with Crippen LogP contribution >= 0.6 is 0 Å². The van der Waals surface area contributed by atoms with Gasteiger partial charge in [0.2, 0.25) is 0 Å². The second kappa shape index (κ2) is 8.98. The Labute approximate surface area is 193 Å². The number of hydrogen-bond acceptors (Lipinski definition) is 5. The van der Waals surface area contributed by atoms with Gasteiger partial charge < -0.3 is 13.9 Å². The molecular weight excluding hydrogens is 416 g/mol. The molecule has 1 amide bonds. The van der Waals surface area contributed by atoms with Crippen molar-refractivity contribution in [3.05, 3.63) is 69.7 Å². The van der Waals surface area contributed by atoms with E-state index in [9.17, 15) is 9.59 Å². The van der Waals surface area contributed by atoms with Crippen LogP contribution in [-0.2, 0) is 6.54 Å². The molecule has 0 saturated carbocycles. The molecule has 7 nitrogen and oxygen atoms in total. The summed E-state index contributed by atoms with van der Waals surface area (Å²) >= 11 is 0. The van der Waals surface area contributed by atoms with Gasteiger partial charge >= 0.3 is 0 Å². The van der Waals surface area contributed by atoms with Crippen LogP contribution in [0.2, 0.25) is 0 Å². The van der Waals surface area contributed by atoms with E-state index in [0.717, 1.165) is 42.2 Å². The van der Waals surface area contributed by atoms with Crippen molar-refractivity contribution in [1.82, 2.24) is 19.4 Å². The number of benzene rings is 1. The molecule has 3 aromatic rings. The molecule has 33 heavy (non-hydrogen) atoms. The summed E-state index contributed by atoms with van der Waals surface area (Å²) in [6, 6.07) is 9.54. The van der Waals surface area contributed by atoms with E-state index < -0.39 is 0 Å². The summed E-state index contributed by atoms with van der Waals surface area (Å²) in [6.07, 6.45) is 6.50. The number of aryl methyl sites for hydroxylation is 2. The molecule has 0 N–H and O–H groups in total. The monoisotopic (exact) mass is 446 g/mol. The van der Waals surface area contributed by atoms with Gasteiger partial charge in [-0.05, 0) is 64.1 Å². The van der Waals surface area contributed by atoms with Crippen molar-refractivity contribution in [2.24, 2.45) is 0 Å². The number of nitrogens with zero attached hydrogens (tertiary/aromatic N) is 4. The van der Waals surface area contributed by atoms with Gasteiger partial charge in [0.05, 0.1) is 17.4 Å². The molecule has 0 atom stereocenters. The average Bonchev–Trinajstić information content (AvgIpc) is 3.19. The molecule has 2 aromatic heterocycles. The van der Waals surface area contributed by atoms with E-state index in [1.54, 1.807) is 6.07 Å². The second-order valence-corrected chi connectivity index (χ2v) is 9.08. The predicted molar refractivity (Wildman–Crippen MR) is 128 cm³/mol. The Morgan fingerprint density at radius 1 is 1.09 bits per heavy atom. The molecule has 0 bridgehead atoms. The number of rotatable bonds is 4. The molecular formula is C26H30N4O3. The van der Waals surface area contributed by atoms with E-state index in [1.165, 1.54) is 19.3 Å². The predicted octanol–water partition coefficient (Wildman–Crippen LogP) is 3.98. The van der Waals surface area contributed by atoms with Crippen molar-refractivity contribution in [1.29, 1.82) is 0 Å². The summed E-state index contributed by atoms with van der Waals surface area (Å²) in [7, 11) is 0. The van der Waals surface area contributed by atoms with Crippen LogP contribution in [0.3, 0.4) is 0 Å². The Morgan fingerprint density at radius 2 is 1.88 bits per heavy atom. The zero-order chi connectivity index (χ0) is 22.9. The summed E-state index contributed by atoms with van der Waals surface area (Å²) in [5.74, 6) is 1.92. The van der Waals surface area contributed by atoms with Crippen LogP contribution in [0.5, 0.6) is 0 Å². The Balaban J connectivity index is 1.34. The molecule has 0 spiro atoms. The Bertz CT molecular complexity index is 1280. The molecule has 0 aliphatic carbocycles. The fraction of sp³-hybridized carbons (Fsp3) is 0.423. The number of piperidine rings is 1. The van der Waals surface area contributed by atoms with E-state index >= 15 is 0 Å². The topological polar surface area (TPSA) is 71.6 Å². The first-order valence-electron chi connectivity index (χ1n) is 11.8. The minimum absolute atomic E-state index is 0.0627. The van der Waals surface area contributed by atoms with Gasteiger partial charge in [-0.1, -0.05) is 18.6 Å². The van der Waals surface area contributed by atoms with Crippen LogP contribution < -0.4 is 5.56 Å². The summed E-state index contributed by atoms with van der Waals surface area (Å²) in [5, 5.41) is 0.606. The highest BCUT2D eigenvalue weighted by Crippen LogP contribution is 2.25. The number of hydrogen-bond donors (Lipinski definition) is 0. The molecule has 4 heterocycles. The number of furan rings is 1. The minimum Gasteiger partial charge on any atom is -0.454 e. The van der Waals surface area contributed by atoms with Gasteiger partial charge in [-0.2, -0.15) is 4.98 Å². The molecule has 172 valence electrons. The first-order chi connectivity index (χ1) is 16.0. The summed E-state index contributed by atoms with van der Waals surface area (Å²) in [4.78, 5) is 33.9. The molecule has 0 radical (unpaired) electrons. The number of fused-ring (bicyclic) bond motifs is 1. The molecule has 2 aliphatic rings. The smallest absolute Gasteiger partial charge is 0.290 e. The quantitative estimate of drug-likeness (QED) is 0.606. The Kier molecular flexibility index (Phi) is 5.89. The summed E-state index contributed by atoms with van der Waals surface area (Å²) in [6.45, 7) is 7.84. The lowest BCUT2D eigenvalue weighted by Crippen LogP contribution is -2.35. The van der Waals surface area contributed by atoms with Gasteiger partial charge in [0.25, 0.3) is 11.5 Å². The highest BCUT2D eigenvalue weighted by molar-refractivity contribution is 5.93. The van der Waals surface area contributed by atoms with Crippen molar-refractivity contribution in [2.45, 2.75) is 46.1 Å². The Hall–Kier alpha value is -3.19. The average molecular weight is 447 g/mol. The fourth-order valence-electron chi connectivity index (χ4n) is 5.01. The first kappa shape index (κ1) is 21.6. The van der Waals surface area contributed by atoms with Crippen LogP contribution in [0, 0.1) is 13.8 Å². The SMILES string of the molecule is Cc1cc(CN2CCCCC2)oc1C(=O)N1CC=C(n2c(C)nc(=O)c3ccccc32)CC1. The van der Waals surface area contributed by atoms with Crippen molar-refractivity contribution >= 4 is 22.5 Å². The third-order valence-corrected chi connectivity index (χ3v) is 6.71. The zero-order valence-electron chi connectivity index (χ0n) is 19.3. The van der Waals surface area contributed by atoms with Crippen molar-refractivity contribution in [3.8, 4) is 0 Å². The molecule has 2 aliphatic heterocycles. The van der Waals surface area contributed by atoms with Gasteiger partial charge in [0.15, 0.2) is 5.76 Å². The normalized spacial score (nSPS) is 17.4. The number of amides is 1. The van der Waals surface area contributed by atoms with E-state index in [2.05, 4.69) is 16.0 Å². The summed E-state index contributed by atoms with van der Waals surface area (Å²) in [5.41, 5.74) is 2.60. The standard InChI is InChI=1S/C26H30N4O3/c1-18-16-21(17-28-12-6-3-7-13-28)33-24(18)26(32)29-14-10-20(11-15-29)30-19(2)27-25(31)22-8-4-5-9-23(22)30/h4-5,8-10,16H,3,6-7,11-15,17H2,1-2H3. The minimum atomic E-state index is -0.207. The van der Waals surface area contributed by atoms with Crippen molar-refractivity contribution in [3.63, 3.8) is 0 Å². The number of carbonyl (C=O) groups excluding carboxylic acids is 1. The van der Waals surface area contributed by atoms with E-state index in [4.69, 9.17) is 4.42 Å². The highest BCUT2D eigenvalue weighted by Gasteiger charge is 2.25. The third kappa shape index (κ3) is 4.25. The van der Waals surface area contributed by atoms with Gasteiger partial charge in [0.1, 0.15) is 11.6 Å². The van der Waals surface area contributed by atoms with Gasteiger partial charge in [-0.25, -0.2) is 0 Å². The van der Waals surface area contributed by atoms with Crippen LogP contribution in [0.1, 0.15) is 53.4 Å². The largest absolute Gasteiger partial charge is 0.454 e. The summed E-state index contributed by atoms with van der Waals surface area (Å²) < 4.78 is 8.07. The lowest BCUT2D eigenvalue weighted by molar-refractivity contribution is 0.0734. The maximum atomic E-state index is 13.2. The number of para-hydroxylation sites is 1. The van der Waals surface area contributed by atoms with Gasteiger partial charge in [-0.3, -0.25) is 14.5 Å². The van der Waals surface area contributed by atoms with Crippen LogP contribution in [-0.4, -0.2) is 51.4 Å². The number of likely N-dealkylation sites (tertiary alicyclic amines) is 1. The lowest BCUT2D eigenvalue weighted by Gasteiger charge is -2.28. The van der Waals surface area contributed by atoms with Crippen molar-refractivity contribution in [2.75, 3.05) is 26.2 Å². The van der Waals surface area contributed by atoms with Crippen LogP contribution in [0.15, 0.2) is 45.6 Å². The molecule has 5 rings (SSSR count). The maximum Gasteiger partial charge on any atom is 0.290 e. The Morgan fingerprint density at radius 3 is 2.64 bits per heavy atom. The molecule has 7 heteroatoms. The van der Waals surface area contributed by atoms with Crippen LogP contribution in [0.4, 0.5) is 0 Å². The molecule has 1 saturated heterocycles.